The minimum absolute atomic E-state index is 0.0124. The lowest BCUT2D eigenvalue weighted by Gasteiger charge is -2.09. The summed E-state index contributed by atoms with van der Waals surface area (Å²) in [7, 11) is 2.96. The first-order valence-corrected chi connectivity index (χ1v) is 7.79. The van der Waals surface area contributed by atoms with Crippen LogP contribution in [-0.4, -0.2) is 25.1 Å². The summed E-state index contributed by atoms with van der Waals surface area (Å²) in [6.45, 7) is 1.70. The monoisotopic (exact) mass is 367 g/mol. The van der Waals surface area contributed by atoms with Crippen LogP contribution in [0.15, 0.2) is 42.0 Å². The number of carbonyl (C=O) groups excluding carboxylic acids is 1. The van der Waals surface area contributed by atoms with E-state index in [9.17, 15) is 20.2 Å². The van der Waals surface area contributed by atoms with Gasteiger partial charge in [-0.05, 0) is 36.8 Å². The molecule has 8 heteroatoms. The maximum atomic E-state index is 12.4. The predicted molar refractivity (Wildman–Crippen MR) is 99.6 cm³/mol. The number of carbonyl (C=O) groups is 1. The Morgan fingerprint density at radius 1 is 1.22 bits per heavy atom. The molecule has 0 spiro atoms. The van der Waals surface area contributed by atoms with Gasteiger partial charge in [0.05, 0.1) is 19.1 Å². The number of amides is 1. The van der Waals surface area contributed by atoms with Crippen molar-refractivity contribution in [3.05, 3.63) is 63.2 Å². The van der Waals surface area contributed by atoms with E-state index >= 15 is 0 Å². The Morgan fingerprint density at radius 2 is 1.96 bits per heavy atom. The number of hydrogen-bond acceptors (Lipinski definition) is 6. The van der Waals surface area contributed by atoms with Crippen LogP contribution in [0, 0.1) is 28.4 Å². The van der Waals surface area contributed by atoms with Crippen molar-refractivity contribution in [3.63, 3.8) is 0 Å². The van der Waals surface area contributed by atoms with Gasteiger partial charge >= 0.3 is 0 Å². The molecule has 0 saturated heterocycles. The van der Waals surface area contributed by atoms with Crippen molar-refractivity contribution in [1.82, 2.24) is 0 Å². The molecule has 1 amide bonds. The molecule has 0 atom stereocenters. The van der Waals surface area contributed by atoms with Gasteiger partial charge in [-0.25, -0.2) is 0 Å². The number of methoxy groups -OCH3 is 2. The fraction of sp³-hybridized carbons (Fsp3) is 0.158. The smallest absolute Gasteiger partial charge is 0.293 e. The average Bonchev–Trinajstić information content (AvgIpc) is 2.67. The van der Waals surface area contributed by atoms with Crippen LogP contribution in [0.25, 0.3) is 6.08 Å². The van der Waals surface area contributed by atoms with E-state index in [-0.39, 0.29) is 16.9 Å². The predicted octanol–water partition coefficient (Wildman–Crippen LogP) is 3.47. The number of aryl methyl sites for hydroxylation is 1. The number of nitriles is 1. The normalized spacial score (nSPS) is 10.7. The van der Waals surface area contributed by atoms with Crippen molar-refractivity contribution in [1.29, 1.82) is 5.26 Å². The van der Waals surface area contributed by atoms with E-state index in [1.807, 2.05) is 0 Å². The molecule has 0 heterocycles. The van der Waals surface area contributed by atoms with E-state index in [2.05, 4.69) is 5.32 Å². The summed E-state index contributed by atoms with van der Waals surface area (Å²) >= 11 is 0. The largest absolute Gasteiger partial charge is 0.497 e. The van der Waals surface area contributed by atoms with E-state index in [0.717, 1.165) is 0 Å². The molecule has 0 aliphatic rings. The minimum Gasteiger partial charge on any atom is -0.497 e. The van der Waals surface area contributed by atoms with Gasteiger partial charge in [0, 0.05) is 17.7 Å². The highest BCUT2D eigenvalue weighted by atomic mass is 16.6. The van der Waals surface area contributed by atoms with Crippen LogP contribution in [0.2, 0.25) is 0 Å². The molecule has 1 N–H and O–H groups in total. The average molecular weight is 367 g/mol. The molecule has 2 aromatic carbocycles. The Morgan fingerprint density at radius 3 is 2.56 bits per heavy atom. The summed E-state index contributed by atoms with van der Waals surface area (Å²) in [6, 6.07) is 11.1. The quantitative estimate of drug-likeness (QED) is 0.362. The number of nitro benzene ring substituents is 1. The molecule has 0 fully saturated rings. The van der Waals surface area contributed by atoms with E-state index < -0.39 is 10.8 Å². The van der Waals surface area contributed by atoms with Crippen molar-refractivity contribution in [2.45, 2.75) is 6.92 Å². The zero-order chi connectivity index (χ0) is 20.0. The Bertz CT molecular complexity index is 960. The van der Waals surface area contributed by atoms with Crippen molar-refractivity contribution in [3.8, 4) is 17.6 Å². The zero-order valence-corrected chi connectivity index (χ0v) is 15.0. The lowest BCUT2D eigenvalue weighted by Crippen LogP contribution is -2.14. The lowest BCUT2D eigenvalue weighted by molar-refractivity contribution is -0.384. The van der Waals surface area contributed by atoms with Crippen LogP contribution >= 0.6 is 0 Å². The molecule has 0 aliphatic carbocycles. The number of nitro groups is 1. The van der Waals surface area contributed by atoms with Gasteiger partial charge in [-0.2, -0.15) is 5.26 Å². The molecule has 0 unspecified atom stereocenters. The van der Waals surface area contributed by atoms with Gasteiger partial charge in [-0.3, -0.25) is 14.9 Å². The Balaban J connectivity index is 2.36. The van der Waals surface area contributed by atoms with Crippen LogP contribution in [0.1, 0.15) is 11.1 Å². The van der Waals surface area contributed by atoms with Crippen molar-refractivity contribution in [2.75, 3.05) is 19.5 Å². The summed E-state index contributed by atoms with van der Waals surface area (Å²) in [5, 5.41) is 22.9. The van der Waals surface area contributed by atoms with Gasteiger partial charge in [0.2, 0.25) is 0 Å². The maximum absolute atomic E-state index is 12.4. The number of hydrogen-bond donors (Lipinski definition) is 1. The number of nitrogens with one attached hydrogen (secondary N) is 1. The molecule has 0 aromatic heterocycles. The number of benzene rings is 2. The lowest BCUT2D eigenvalue weighted by atomic mass is 10.1. The van der Waals surface area contributed by atoms with E-state index in [4.69, 9.17) is 9.47 Å². The Kier molecular flexibility index (Phi) is 6.12. The van der Waals surface area contributed by atoms with Gasteiger partial charge in [0.15, 0.2) is 0 Å². The highest BCUT2D eigenvalue weighted by molar-refractivity contribution is 6.10. The van der Waals surface area contributed by atoms with Crippen LogP contribution in [0.5, 0.6) is 11.5 Å². The van der Waals surface area contributed by atoms with Gasteiger partial charge in [-0.15, -0.1) is 0 Å². The van der Waals surface area contributed by atoms with Crippen molar-refractivity contribution < 1.29 is 19.2 Å². The van der Waals surface area contributed by atoms with E-state index in [1.54, 1.807) is 37.3 Å². The molecular weight excluding hydrogens is 350 g/mol. The fourth-order valence-corrected chi connectivity index (χ4v) is 2.33. The van der Waals surface area contributed by atoms with Crippen LogP contribution in [-0.2, 0) is 4.79 Å². The molecule has 0 aliphatic heterocycles. The molecule has 2 rings (SSSR count). The third-order valence-corrected chi connectivity index (χ3v) is 3.70. The fourth-order valence-electron chi connectivity index (χ4n) is 2.33. The third-order valence-electron chi connectivity index (χ3n) is 3.70. The maximum Gasteiger partial charge on any atom is 0.293 e. The summed E-state index contributed by atoms with van der Waals surface area (Å²) < 4.78 is 10.3. The van der Waals surface area contributed by atoms with Crippen LogP contribution in [0.3, 0.4) is 0 Å². The molecule has 0 radical (unpaired) electrons. The van der Waals surface area contributed by atoms with Crippen molar-refractivity contribution in [2.24, 2.45) is 0 Å². The minimum atomic E-state index is -0.762. The van der Waals surface area contributed by atoms with Crippen LogP contribution < -0.4 is 14.8 Å². The molecular formula is C19H17N3O5. The molecule has 138 valence electrons. The molecule has 2 aromatic rings. The first kappa shape index (κ1) is 19.5. The second kappa shape index (κ2) is 8.49. The zero-order valence-electron chi connectivity index (χ0n) is 15.0. The second-order valence-electron chi connectivity index (χ2n) is 5.51. The summed E-state index contributed by atoms with van der Waals surface area (Å²) in [5.74, 6) is 0.209. The standard InChI is InChI=1S/C19H17N3O5/c1-12-4-7-16(17(8-12)22(24)25)21-19(23)14(11-20)9-13-5-6-15(26-2)10-18(13)27-3/h4-10H,1-3H3,(H,21,23)/b14-9+. The number of nitrogens with zero attached hydrogens (tertiary/aromatic N) is 2. The topological polar surface area (TPSA) is 114 Å². The van der Waals surface area contributed by atoms with Gasteiger partial charge < -0.3 is 14.8 Å². The summed E-state index contributed by atoms with van der Waals surface area (Å²) in [6.07, 6.45) is 1.34. The van der Waals surface area contributed by atoms with Gasteiger partial charge in [0.1, 0.15) is 28.8 Å². The molecule has 0 bridgehead atoms. The van der Waals surface area contributed by atoms with E-state index in [1.165, 1.54) is 32.4 Å². The Labute approximate surface area is 155 Å². The second-order valence-corrected chi connectivity index (χ2v) is 5.51. The highest BCUT2D eigenvalue weighted by Gasteiger charge is 2.18. The first-order chi connectivity index (χ1) is 12.9. The van der Waals surface area contributed by atoms with Crippen molar-refractivity contribution >= 4 is 23.4 Å². The van der Waals surface area contributed by atoms with E-state index in [0.29, 0.717) is 22.6 Å². The number of ether oxygens (including phenoxy) is 2. The summed E-state index contributed by atoms with van der Waals surface area (Å²) in [4.78, 5) is 23.0. The summed E-state index contributed by atoms with van der Waals surface area (Å²) in [5.41, 5.74) is 0.705. The molecule has 0 saturated carbocycles. The SMILES string of the molecule is COc1ccc(/C=C(\C#N)C(=O)Nc2ccc(C)cc2[N+](=O)[O-])c(OC)c1. The van der Waals surface area contributed by atoms with Gasteiger partial charge in [0.25, 0.3) is 11.6 Å². The third kappa shape index (κ3) is 4.61. The first-order valence-electron chi connectivity index (χ1n) is 7.79. The highest BCUT2D eigenvalue weighted by Crippen LogP contribution is 2.28. The number of rotatable bonds is 6. The van der Waals surface area contributed by atoms with Gasteiger partial charge in [-0.1, -0.05) is 6.07 Å². The van der Waals surface area contributed by atoms with Crippen LogP contribution in [0.4, 0.5) is 11.4 Å². The molecule has 8 nitrogen and oxygen atoms in total. The molecule has 27 heavy (non-hydrogen) atoms. The Hall–Kier alpha value is -3.86. The number of anilines is 1.